The molecule has 0 amide bonds. The normalized spacial score (nSPS) is 12.2. The minimum Gasteiger partial charge on any atom is -0.397 e. The summed E-state index contributed by atoms with van der Waals surface area (Å²) in [4.78, 5) is 3.38. The van der Waals surface area contributed by atoms with E-state index in [1.807, 2.05) is 0 Å². The van der Waals surface area contributed by atoms with Gasteiger partial charge in [-0.05, 0) is 0 Å². The second-order valence-electron chi connectivity index (χ2n) is 2.88. The monoisotopic (exact) mass is 304 g/mol. The van der Waals surface area contributed by atoms with Crippen LogP contribution in [0.1, 0.15) is 23.2 Å². The van der Waals surface area contributed by atoms with E-state index in [0.717, 1.165) is 0 Å². The summed E-state index contributed by atoms with van der Waals surface area (Å²) in [5.41, 5.74) is 1.85. The van der Waals surface area contributed by atoms with Crippen LogP contribution in [0.4, 0.5) is 27.6 Å². The fourth-order valence-corrected chi connectivity index (χ4v) is 1.60. The lowest BCUT2D eigenvalue weighted by Crippen LogP contribution is -2.14. The largest absolute Gasteiger partial charge is 0.418 e. The fraction of sp³-hybridized carbons (Fsp3) is 0.375. The van der Waals surface area contributed by atoms with Gasteiger partial charge < -0.3 is 5.73 Å². The van der Waals surface area contributed by atoms with Crippen molar-refractivity contribution in [3.63, 3.8) is 0 Å². The SMILES string of the molecule is Nc1c(CBr)ncc(C(F)(F)F)c1C(F)F. The van der Waals surface area contributed by atoms with Gasteiger partial charge in [-0.3, -0.25) is 4.98 Å². The lowest BCUT2D eigenvalue weighted by atomic mass is 10.1. The Kier molecular flexibility index (Phi) is 3.72. The molecule has 0 bridgehead atoms. The summed E-state index contributed by atoms with van der Waals surface area (Å²) in [5.74, 6) is 0. The van der Waals surface area contributed by atoms with Crippen LogP contribution in [-0.2, 0) is 11.5 Å². The highest BCUT2D eigenvalue weighted by atomic mass is 79.9. The molecule has 16 heavy (non-hydrogen) atoms. The lowest BCUT2D eigenvalue weighted by molar-refractivity contribution is -0.139. The van der Waals surface area contributed by atoms with Crippen molar-refractivity contribution in [2.75, 3.05) is 5.73 Å². The number of halogens is 6. The maximum atomic E-state index is 12.5. The minimum absolute atomic E-state index is 0.0106. The Labute approximate surface area is 95.8 Å². The van der Waals surface area contributed by atoms with Crippen LogP contribution in [0, 0.1) is 0 Å². The molecule has 8 heteroatoms. The second kappa shape index (κ2) is 4.52. The summed E-state index contributed by atoms with van der Waals surface area (Å²) in [6.07, 6.45) is -7.82. The van der Waals surface area contributed by atoms with Crippen molar-refractivity contribution < 1.29 is 22.0 Å². The molecular weight excluding hydrogens is 299 g/mol. The Morgan fingerprint density at radius 2 is 1.94 bits per heavy atom. The third kappa shape index (κ3) is 2.42. The maximum absolute atomic E-state index is 12.5. The van der Waals surface area contributed by atoms with Gasteiger partial charge >= 0.3 is 6.18 Å². The van der Waals surface area contributed by atoms with Gasteiger partial charge in [0.05, 0.1) is 22.5 Å². The van der Waals surface area contributed by atoms with Crippen molar-refractivity contribution >= 4 is 21.6 Å². The average Bonchev–Trinajstić information content (AvgIpc) is 2.15. The first-order valence-corrected chi connectivity index (χ1v) is 5.09. The Morgan fingerprint density at radius 1 is 1.38 bits per heavy atom. The fourth-order valence-electron chi connectivity index (χ4n) is 1.15. The van der Waals surface area contributed by atoms with Gasteiger partial charge in [-0.15, -0.1) is 0 Å². The number of alkyl halides is 6. The van der Waals surface area contributed by atoms with Crippen molar-refractivity contribution in [2.24, 2.45) is 0 Å². The van der Waals surface area contributed by atoms with Gasteiger partial charge in [-0.25, -0.2) is 8.78 Å². The molecule has 0 atom stereocenters. The van der Waals surface area contributed by atoms with Gasteiger partial charge in [-0.2, -0.15) is 13.2 Å². The number of rotatable bonds is 2. The summed E-state index contributed by atoms with van der Waals surface area (Å²) in [6, 6.07) is 0. The quantitative estimate of drug-likeness (QED) is 0.671. The molecule has 90 valence electrons. The number of hydrogen-bond acceptors (Lipinski definition) is 2. The minimum atomic E-state index is -4.89. The highest BCUT2D eigenvalue weighted by molar-refractivity contribution is 9.08. The Bertz CT molecular complexity index is 391. The molecule has 1 aromatic rings. The standard InChI is InChI=1S/C8H6BrF5N2/c9-1-4-6(15)5(7(10)11)3(2-16-4)8(12,13)14/h2,7H,1,15H2. The van der Waals surface area contributed by atoms with Crippen LogP contribution in [0.3, 0.4) is 0 Å². The highest BCUT2D eigenvalue weighted by Gasteiger charge is 2.38. The van der Waals surface area contributed by atoms with E-state index >= 15 is 0 Å². The van der Waals surface area contributed by atoms with Gasteiger partial charge in [0.1, 0.15) is 0 Å². The van der Waals surface area contributed by atoms with Gasteiger partial charge in [-0.1, -0.05) is 15.9 Å². The van der Waals surface area contributed by atoms with Crippen LogP contribution in [0.25, 0.3) is 0 Å². The van der Waals surface area contributed by atoms with Crippen molar-refractivity contribution in [1.29, 1.82) is 0 Å². The zero-order valence-electron chi connectivity index (χ0n) is 7.65. The average molecular weight is 305 g/mol. The topological polar surface area (TPSA) is 38.9 Å². The number of hydrogen-bond donors (Lipinski definition) is 1. The Balaban J connectivity index is 3.47. The smallest absolute Gasteiger partial charge is 0.397 e. The third-order valence-corrected chi connectivity index (χ3v) is 2.42. The molecule has 0 saturated carbocycles. The molecule has 1 rings (SSSR count). The van der Waals surface area contributed by atoms with E-state index in [2.05, 4.69) is 20.9 Å². The number of aromatic nitrogens is 1. The van der Waals surface area contributed by atoms with Crippen LogP contribution in [-0.4, -0.2) is 4.98 Å². The molecule has 2 nitrogen and oxygen atoms in total. The van der Waals surface area contributed by atoms with Gasteiger partial charge in [0.2, 0.25) is 0 Å². The Morgan fingerprint density at radius 3 is 2.31 bits per heavy atom. The molecule has 1 heterocycles. The molecular formula is C8H6BrF5N2. The van der Waals surface area contributed by atoms with E-state index in [-0.39, 0.29) is 11.0 Å². The number of pyridine rings is 1. The molecule has 1 aromatic heterocycles. The Hall–Kier alpha value is -0.920. The van der Waals surface area contributed by atoms with Gasteiger partial charge in [0.25, 0.3) is 6.43 Å². The molecule has 0 fully saturated rings. The highest BCUT2D eigenvalue weighted by Crippen LogP contribution is 2.39. The van der Waals surface area contributed by atoms with E-state index < -0.39 is 29.4 Å². The first-order chi connectivity index (χ1) is 7.29. The van der Waals surface area contributed by atoms with E-state index in [0.29, 0.717) is 6.20 Å². The van der Waals surface area contributed by atoms with E-state index in [1.54, 1.807) is 0 Å². The summed E-state index contributed by atoms with van der Waals surface area (Å²) in [6.45, 7) is 0. The summed E-state index contributed by atoms with van der Waals surface area (Å²) in [5, 5.41) is 0.0106. The molecule has 0 spiro atoms. The third-order valence-electron chi connectivity index (χ3n) is 1.89. The molecule has 0 aliphatic heterocycles. The van der Waals surface area contributed by atoms with Crippen molar-refractivity contribution in [3.05, 3.63) is 23.0 Å². The maximum Gasteiger partial charge on any atom is 0.418 e. The van der Waals surface area contributed by atoms with Gasteiger partial charge in [0, 0.05) is 11.5 Å². The summed E-state index contributed by atoms with van der Waals surface area (Å²) >= 11 is 2.90. The number of nitrogens with two attached hydrogens (primary N) is 1. The predicted molar refractivity (Wildman–Crippen MR) is 51.2 cm³/mol. The molecule has 0 saturated heterocycles. The van der Waals surface area contributed by atoms with Crippen molar-refractivity contribution in [2.45, 2.75) is 17.9 Å². The number of anilines is 1. The lowest BCUT2D eigenvalue weighted by Gasteiger charge is -2.15. The van der Waals surface area contributed by atoms with E-state index in [4.69, 9.17) is 5.73 Å². The zero-order chi connectivity index (χ0) is 12.5. The van der Waals surface area contributed by atoms with E-state index in [1.165, 1.54) is 0 Å². The predicted octanol–water partition coefficient (Wildman–Crippen LogP) is 3.52. The second-order valence-corrected chi connectivity index (χ2v) is 3.44. The number of nitrogen functional groups attached to an aromatic ring is 1. The molecule has 2 N–H and O–H groups in total. The number of nitrogens with zero attached hydrogens (tertiary/aromatic N) is 1. The van der Waals surface area contributed by atoms with Crippen molar-refractivity contribution in [1.82, 2.24) is 4.98 Å². The molecule has 0 aliphatic carbocycles. The first-order valence-electron chi connectivity index (χ1n) is 3.97. The molecule has 0 aromatic carbocycles. The summed E-state index contributed by atoms with van der Waals surface area (Å²) < 4.78 is 62.2. The van der Waals surface area contributed by atoms with E-state index in [9.17, 15) is 22.0 Å². The molecule has 0 unspecified atom stereocenters. The van der Waals surface area contributed by atoms with Crippen LogP contribution < -0.4 is 5.73 Å². The zero-order valence-corrected chi connectivity index (χ0v) is 9.24. The van der Waals surface area contributed by atoms with Crippen molar-refractivity contribution in [3.8, 4) is 0 Å². The van der Waals surface area contributed by atoms with Crippen LogP contribution in [0.5, 0.6) is 0 Å². The van der Waals surface area contributed by atoms with Crippen LogP contribution >= 0.6 is 15.9 Å². The summed E-state index contributed by atoms with van der Waals surface area (Å²) in [7, 11) is 0. The molecule has 0 aliphatic rings. The van der Waals surface area contributed by atoms with Gasteiger partial charge in [0.15, 0.2) is 0 Å². The first kappa shape index (κ1) is 13.1. The van der Waals surface area contributed by atoms with Crippen LogP contribution in [0.2, 0.25) is 0 Å². The van der Waals surface area contributed by atoms with Crippen LogP contribution in [0.15, 0.2) is 6.20 Å². The molecule has 0 radical (unpaired) electrons.